The zero-order valence-electron chi connectivity index (χ0n) is 8.64. The van der Waals surface area contributed by atoms with E-state index < -0.39 is 0 Å². The van der Waals surface area contributed by atoms with Crippen molar-refractivity contribution >= 4 is 15.9 Å². The number of rotatable bonds is 4. The Morgan fingerprint density at radius 1 is 1.19 bits per heavy atom. The molecule has 0 fully saturated rings. The maximum absolute atomic E-state index is 5.57. The third-order valence-electron chi connectivity index (χ3n) is 2.06. The number of nitrogens with zero attached hydrogens (tertiary/aromatic N) is 2. The number of pyridine rings is 2. The van der Waals surface area contributed by atoms with E-state index in [-0.39, 0.29) is 0 Å². The van der Waals surface area contributed by atoms with Gasteiger partial charge in [0.25, 0.3) is 0 Å². The lowest BCUT2D eigenvalue weighted by molar-refractivity contribution is 0.304. The molecule has 2 aromatic heterocycles. The Morgan fingerprint density at radius 3 is 2.75 bits per heavy atom. The van der Waals surface area contributed by atoms with Crippen molar-refractivity contribution in [1.29, 1.82) is 0 Å². The second-order valence-corrected chi connectivity index (χ2v) is 3.83. The average molecular weight is 279 g/mol. The molecule has 0 aromatic carbocycles. The van der Waals surface area contributed by atoms with Gasteiger partial charge in [-0.3, -0.25) is 9.97 Å². The van der Waals surface area contributed by atoms with E-state index >= 15 is 0 Å². The molecule has 0 amide bonds. The first-order valence-electron chi connectivity index (χ1n) is 4.91. The van der Waals surface area contributed by atoms with E-state index in [1.807, 2.05) is 24.3 Å². The fourth-order valence-electron chi connectivity index (χ4n) is 1.23. The molecule has 0 saturated carbocycles. The maximum atomic E-state index is 5.57. The van der Waals surface area contributed by atoms with Crippen LogP contribution in [0.5, 0.6) is 5.75 Å². The van der Waals surface area contributed by atoms with Gasteiger partial charge < -0.3 is 4.74 Å². The topological polar surface area (TPSA) is 35.0 Å². The third-order valence-corrected chi connectivity index (χ3v) is 2.64. The van der Waals surface area contributed by atoms with E-state index in [9.17, 15) is 0 Å². The lowest BCUT2D eigenvalue weighted by atomic mass is 10.3. The molecule has 0 bridgehead atoms. The molecule has 4 heteroatoms. The summed E-state index contributed by atoms with van der Waals surface area (Å²) in [6.07, 6.45) is 5.27. The van der Waals surface area contributed by atoms with Gasteiger partial charge in [0.2, 0.25) is 0 Å². The number of hydrogen-bond donors (Lipinski definition) is 0. The summed E-state index contributed by atoms with van der Waals surface area (Å²) in [4.78, 5) is 8.24. The molecule has 0 aliphatic heterocycles. The molecule has 0 aliphatic carbocycles. The minimum Gasteiger partial charge on any atom is -0.487 e. The maximum Gasteiger partial charge on any atom is 0.138 e. The van der Waals surface area contributed by atoms with Crippen molar-refractivity contribution in [2.24, 2.45) is 0 Å². The van der Waals surface area contributed by atoms with Crippen LogP contribution in [-0.4, -0.2) is 9.97 Å². The first kappa shape index (κ1) is 11.1. The van der Waals surface area contributed by atoms with E-state index in [1.165, 1.54) is 0 Å². The largest absolute Gasteiger partial charge is 0.487 e. The van der Waals surface area contributed by atoms with E-state index in [0.717, 1.165) is 22.3 Å². The van der Waals surface area contributed by atoms with Gasteiger partial charge in [0.05, 0.1) is 11.9 Å². The summed E-state index contributed by atoms with van der Waals surface area (Å²) in [6.45, 7) is 0.517. The average Bonchev–Trinajstić information content (AvgIpc) is 2.38. The van der Waals surface area contributed by atoms with E-state index in [2.05, 4.69) is 25.9 Å². The molecule has 16 heavy (non-hydrogen) atoms. The molecule has 2 heterocycles. The van der Waals surface area contributed by atoms with Crippen LogP contribution in [0, 0.1) is 0 Å². The van der Waals surface area contributed by atoms with Crippen LogP contribution in [0.25, 0.3) is 0 Å². The second kappa shape index (κ2) is 5.61. The quantitative estimate of drug-likeness (QED) is 0.807. The van der Waals surface area contributed by atoms with Crippen molar-refractivity contribution in [3.05, 3.63) is 54.1 Å². The van der Waals surface area contributed by atoms with Crippen LogP contribution in [0.2, 0.25) is 0 Å². The van der Waals surface area contributed by atoms with Gasteiger partial charge in [-0.05, 0) is 18.2 Å². The zero-order valence-corrected chi connectivity index (χ0v) is 10.2. The summed E-state index contributed by atoms with van der Waals surface area (Å²) in [5.74, 6) is 0.772. The van der Waals surface area contributed by atoms with Crippen LogP contribution in [0.1, 0.15) is 11.3 Å². The minimum absolute atomic E-state index is 0.517. The summed E-state index contributed by atoms with van der Waals surface area (Å²) < 4.78 is 5.57. The Kier molecular flexibility index (Phi) is 3.88. The molecule has 0 spiro atoms. The summed E-state index contributed by atoms with van der Waals surface area (Å²) in [5.41, 5.74) is 2.04. The molecule has 82 valence electrons. The number of halogens is 1. The summed E-state index contributed by atoms with van der Waals surface area (Å²) in [6, 6.07) is 7.73. The Labute approximate surface area is 103 Å². The van der Waals surface area contributed by atoms with Crippen LogP contribution in [0.3, 0.4) is 0 Å². The molecule has 3 nitrogen and oxygen atoms in total. The molecular weight excluding hydrogens is 268 g/mol. The number of alkyl halides is 1. The molecule has 2 rings (SSSR count). The van der Waals surface area contributed by atoms with Crippen LogP contribution >= 0.6 is 15.9 Å². The Balaban J connectivity index is 1.94. The normalized spacial score (nSPS) is 10.1. The van der Waals surface area contributed by atoms with Crippen molar-refractivity contribution in [1.82, 2.24) is 9.97 Å². The number of aromatic nitrogens is 2. The molecule has 0 aliphatic rings. The standard InChI is InChI=1S/C12H11BrN2O/c13-6-11-3-4-12(8-15-11)16-9-10-2-1-5-14-7-10/h1-5,7-8H,6,9H2. The Bertz CT molecular complexity index is 431. The van der Waals surface area contributed by atoms with Gasteiger partial charge in [-0.2, -0.15) is 0 Å². The van der Waals surface area contributed by atoms with Crippen molar-refractivity contribution in [3.63, 3.8) is 0 Å². The Hall–Kier alpha value is -1.42. The van der Waals surface area contributed by atoms with Gasteiger partial charge >= 0.3 is 0 Å². The SMILES string of the molecule is BrCc1ccc(OCc2cccnc2)cn1. The van der Waals surface area contributed by atoms with E-state index in [4.69, 9.17) is 4.74 Å². The van der Waals surface area contributed by atoms with Crippen molar-refractivity contribution in [2.45, 2.75) is 11.9 Å². The van der Waals surface area contributed by atoms with Crippen molar-refractivity contribution in [2.75, 3.05) is 0 Å². The molecule has 0 N–H and O–H groups in total. The zero-order chi connectivity index (χ0) is 11.2. The smallest absolute Gasteiger partial charge is 0.138 e. The molecule has 0 unspecified atom stereocenters. The highest BCUT2D eigenvalue weighted by Gasteiger charge is 1.97. The molecule has 0 saturated heterocycles. The second-order valence-electron chi connectivity index (χ2n) is 3.27. The van der Waals surface area contributed by atoms with Crippen LogP contribution < -0.4 is 4.74 Å². The van der Waals surface area contributed by atoms with Gasteiger partial charge in [0.15, 0.2) is 0 Å². The van der Waals surface area contributed by atoms with Gasteiger partial charge in [0.1, 0.15) is 12.4 Å². The first-order valence-corrected chi connectivity index (χ1v) is 6.03. The fourth-order valence-corrected chi connectivity index (χ4v) is 1.56. The summed E-state index contributed by atoms with van der Waals surface area (Å²) >= 11 is 3.35. The van der Waals surface area contributed by atoms with Crippen LogP contribution in [-0.2, 0) is 11.9 Å². The van der Waals surface area contributed by atoms with E-state index in [0.29, 0.717) is 6.61 Å². The predicted octanol–water partition coefficient (Wildman–Crippen LogP) is 2.95. The van der Waals surface area contributed by atoms with Gasteiger partial charge in [-0.25, -0.2) is 0 Å². The van der Waals surface area contributed by atoms with Gasteiger partial charge in [-0.1, -0.05) is 22.0 Å². The van der Waals surface area contributed by atoms with E-state index in [1.54, 1.807) is 18.6 Å². The third kappa shape index (κ3) is 3.03. The monoisotopic (exact) mass is 278 g/mol. The van der Waals surface area contributed by atoms with Gasteiger partial charge in [0, 0.05) is 23.3 Å². The van der Waals surface area contributed by atoms with Crippen molar-refractivity contribution in [3.8, 4) is 5.75 Å². The fraction of sp³-hybridized carbons (Fsp3) is 0.167. The Morgan fingerprint density at radius 2 is 2.12 bits per heavy atom. The minimum atomic E-state index is 0.517. The van der Waals surface area contributed by atoms with Gasteiger partial charge in [-0.15, -0.1) is 0 Å². The van der Waals surface area contributed by atoms with Crippen LogP contribution in [0.15, 0.2) is 42.9 Å². The molecule has 2 aromatic rings. The highest BCUT2D eigenvalue weighted by Crippen LogP contribution is 2.12. The lowest BCUT2D eigenvalue weighted by Gasteiger charge is -2.05. The summed E-state index contributed by atoms with van der Waals surface area (Å²) in [5, 5.41) is 0.760. The highest BCUT2D eigenvalue weighted by atomic mass is 79.9. The highest BCUT2D eigenvalue weighted by molar-refractivity contribution is 9.08. The first-order chi connectivity index (χ1) is 7.88. The molecule has 0 radical (unpaired) electrons. The molecular formula is C12H11BrN2O. The van der Waals surface area contributed by atoms with Crippen LogP contribution in [0.4, 0.5) is 0 Å². The van der Waals surface area contributed by atoms with Crippen molar-refractivity contribution < 1.29 is 4.74 Å². The lowest BCUT2D eigenvalue weighted by Crippen LogP contribution is -1.96. The predicted molar refractivity (Wildman–Crippen MR) is 65.4 cm³/mol. The number of hydrogen-bond acceptors (Lipinski definition) is 3. The summed E-state index contributed by atoms with van der Waals surface area (Å²) in [7, 11) is 0. The number of ether oxygens (including phenoxy) is 1. The molecule has 0 atom stereocenters.